The Morgan fingerprint density at radius 2 is 1.65 bits per heavy atom. The lowest BCUT2D eigenvalue weighted by Crippen LogP contribution is -2.31. The quantitative estimate of drug-likeness (QED) is 0.719. The standard InChI is InChI=1S/C20H22ClNO4/c1-14-9-15(2)11-18(10-14)25-13-20(24)26-12-19(23)22-8-7-16-3-5-17(21)6-4-16/h3-6,9-11H,7-8,12-13H2,1-2H3,(H,22,23). The van der Waals surface area contributed by atoms with Crippen LogP contribution in [0.5, 0.6) is 5.75 Å². The number of carbonyl (C=O) groups is 2. The van der Waals surface area contributed by atoms with Gasteiger partial charge < -0.3 is 14.8 Å². The minimum atomic E-state index is -0.586. The van der Waals surface area contributed by atoms with Gasteiger partial charge in [0, 0.05) is 11.6 Å². The zero-order valence-corrected chi connectivity index (χ0v) is 15.6. The fourth-order valence-corrected chi connectivity index (χ4v) is 2.52. The second-order valence-electron chi connectivity index (χ2n) is 6.00. The normalized spacial score (nSPS) is 10.3. The molecule has 0 bridgehead atoms. The lowest BCUT2D eigenvalue weighted by atomic mass is 10.1. The molecule has 2 aromatic carbocycles. The molecule has 0 heterocycles. The van der Waals surface area contributed by atoms with Gasteiger partial charge in [-0.1, -0.05) is 29.8 Å². The first kappa shape index (κ1) is 19.8. The number of benzene rings is 2. The van der Waals surface area contributed by atoms with Crippen LogP contribution in [0.4, 0.5) is 0 Å². The van der Waals surface area contributed by atoms with E-state index in [9.17, 15) is 9.59 Å². The van der Waals surface area contributed by atoms with Gasteiger partial charge in [0.1, 0.15) is 5.75 Å². The number of hydrogen-bond acceptors (Lipinski definition) is 4. The molecule has 138 valence electrons. The van der Waals surface area contributed by atoms with E-state index in [2.05, 4.69) is 5.32 Å². The van der Waals surface area contributed by atoms with Crippen LogP contribution in [0.3, 0.4) is 0 Å². The number of carbonyl (C=O) groups excluding carboxylic acids is 2. The van der Waals surface area contributed by atoms with E-state index in [1.54, 1.807) is 12.1 Å². The molecular weight excluding hydrogens is 354 g/mol. The highest BCUT2D eigenvalue weighted by Gasteiger charge is 2.08. The summed E-state index contributed by atoms with van der Waals surface area (Å²) in [6, 6.07) is 13.1. The zero-order valence-electron chi connectivity index (χ0n) is 14.9. The van der Waals surface area contributed by atoms with Gasteiger partial charge in [-0.05, 0) is 61.2 Å². The van der Waals surface area contributed by atoms with Crippen LogP contribution in [0.25, 0.3) is 0 Å². The molecule has 2 aromatic rings. The maximum atomic E-state index is 11.7. The van der Waals surface area contributed by atoms with E-state index < -0.39 is 5.97 Å². The first-order valence-electron chi connectivity index (χ1n) is 8.30. The van der Waals surface area contributed by atoms with Crippen molar-refractivity contribution in [1.29, 1.82) is 0 Å². The van der Waals surface area contributed by atoms with Crippen LogP contribution in [0.2, 0.25) is 5.02 Å². The van der Waals surface area contributed by atoms with Gasteiger partial charge in [0.2, 0.25) is 0 Å². The largest absolute Gasteiger partial charge is 0.482 e. The van der Waals surface area contributed by atoms with Crippen molar-refractivity contribution in [3.05, 3.63) is 64.2 Å². The number of nitrogens with one attached hydrogen (secondary N) is 1. The molecule has 0 unspecified atom stereocenters. The van der Waals surface area contributed by atoms with Crippen molar-refractivity contribution in [3.63, 3.8) is 0 Å². The number of amides is 1. The lowest BCUT2D eigenvalue weighted by Gasteiger charge is -2.09. The molecule has 1 N–H and O–H groups in total. The topological polar surface area (TPSA) is 64.6 Å². The van der Waals surface area contributed by atoms with Gasteiger partial charge in [0.15, 0.2) is 13.2 Å². The molecule has 26 heavy (non-hydrogen) atoms. The summed E-state index contributed by atoms with van der Waals surface area (Å²) in [5.41, 5.74) is 3.16. The SMILES string of the molecule is Cc1cc(C)cc(OCC(=O)OCC(=O)NCCc2ccc(Cl)cc2)c1. The Balaban J connectivity index is 1.63. The molecule has 1 amide bonds. The van der Waals surface area contributed by atoms with Crippen molar-refractivity contribution < 1.29 is 19.1 Å². The molecule has 2 rings (SSSR count). The second kappa shape index (κ2) is 9.82. The van der Waals surface area contributed by atoms with Crippen LogP contribution in [0.1, 0.15) is 16.7 Å². The Bertz CT molecular complexity index is 739. The number of hydrogen-bond donors (Lipinski definition) is 1. The monoisotopic (exact) mass is 375 g/mol. The molecule has 0 atom stereocenters. The van der Waals surface area contributed by atoms with Gasteiger partial charge in [0.25, 0.3) is 5.91 Å². The van der Waals surface area contributed by atoms with E-state index >= 15 is 0 Å². The molecule has 0 aromatic heterocycles. The van der Waals surface area contributed by atoms with Crippen LogP contribution in [0, 0.1) is 13.8 Å². The number of esters is 1. The Hall–Kier alpha value is -2.53. The third-order valence-corrected chi connectivity index (χ3v) is 3.82. The van der Waals surface area contributed by atoms with Crippen LogP contribution in [-0.2, 0) is 20.7 Å². The molecule has 0 aliphatic heterocycles. The van der Waals surface area contributed by atoms with Crippen molar-refractivity contribution in [2.75, 3.05) is 19.8 Å². The number of halogens is 1. The first-order valence-corrected chi connectivity index (χ1v) is 8.68. The average Bonchev–Trinajstić information content (AvgIpc) is 2.59. The second-order valence-corrected chi connectivity index (χ2v) is 6.44. The van der Waals surface area contributed by atoms with Gasteiger partial charge in [0.05, 0.1) is 0 Å². The maximum Gasteiger partial charge on any atom is 0.344 e. The molecule has 6 heteroatoms. The summed E-state index contributed by atoms with van der Waals surface area (Å²) < 4.78 is 10.3. The molecule has 0 saturated heterocycles. The summed E-state index contributed by atoms with van der Waals surface area (Å²) in [4.78, 5) is 23.4. The molecule has 0 fully saturated rings. The van der Waals surface area contributed by atoms with Crippen molar-refractivity contribution in [3.8, 4) is 5.75 Å². The Morgan fingerprint density at radius 1 is 1.00 bits per heavy atom. The molecule has 0 saturated carbocycles. The van der Waals surface area contributed by atoms with Crippen LogP contribution in [0.15, 0.2) is 42.5 Å². The highest BCUT2D eigenvalue weighted by Crippen LogP contribution is 2.16. The molecule has 5 nitrogen and oxygen atoms in total. The Kier molecular flexibility index (Phi) is 7.48. The third-order valence-electron chi connectivity index (χ3n) is 3.57. The fourth-order valence-electron chi connectivity index (χ4n) is 2.39. The Morgan fingerprint density at radius 3 is 2.31 bits per heavy atom. The summed E-state index contributed by atoms with van der Waals surface area (Å²) in [5, 5.41) is 3.37. The van der Waals surface area contributed by atoms with Gasteiger partial charge in [-0.2, -0.15) is 0 Å². The van der Waals surface area contributed by atoms with E-state index in [0.29, 0.717) is 23.7 Å². The average molecular weight is 376 g/mol. The zero-order chi connectivity index (χ0) is 18.9. The number of ether oxygens (including phenoxy) is 2. The summed E-state index contributed by atoms with van der Waals surface area (Å²) in [7, 11) is 0. The van der Waals surface area contributed by atoms with Crippen LogP contribution in [-0.4, -0.2) is 31.6 Å². The number of aryl methyl sites for hydroxylation is 2. The smallest absolute Gasteiger partial charge is 0.344 e. The summed E-state index contributed by atoms with van der Waals surface area (Å²) in [5.74, 6) is -0.331. The predicted octanol–water partition coefficient (Wildman–Crippen LogP) is 3.24. The lowest BCUT2D eigenvalue weighted by molar-refractivity contribution is -0.150. The molecule has 0 aliphatic rings. The van der Waals surface area contributed by atoms with Crippen LogP contribution >= 0.6 is 11.6 Å². The molecule has 0 radical (unpaired) electrons. The van der Waals surface area contributed by atoms with Crippen molar-refractivity contribution in [2.45, 2.75) is 20.3 Å². The van der Waals surface area contributed by atoms with Gasteiger partial charge in [-0.3, -0.25) is 4.79 Å². The summed E-state index contributed by atoms with van der Waals surface area (Å²) in [6.45, 7) is 3.80. The van der Waals surface area contributed by atoms with Gasteiger partial charge in [-0.15, -0.1) is 0 Å². The maximum absolute atomic E-state index is 11.7. The Labute approximate surface area is 158 Å². The summed E-state index contributed by atoms with van der Waals surface area (Å²) >= 11 is 5.82. The van der Waals surface area contributed by atoms with Gasteiger partial charge in [-0.25, -0.2) is 4.79 Å². The van der Waals surface area contributed by atoms with Gasteiger partial charge >= 0.3 is 5.97 Å². The first-order chi connectivity index (χ1) is 12.4. The highest BCUT2D eigenvalue weighted by molar-refractivity contribution is 6.30. The molecule has 0 aliphatic carbocycles. The van der Waals surface area contributed by atoms with E-state index in [1.165, 1.54) is 0 Å². The molecular formula is C20H22ClNO4. The van der Waals surface area contributed by atoms with E-state index in [4.69, 9.17) is 21.1 Å². The van der Waals surface area contributed by atoms with E-state index in [-0.39, 0.29) is 19.1 Å². The minimum absolute atomic E-state index is 0.235. The third kappa shape index (κ3) is 7.15. The fraction of sp³-hybridized carbons (Fsp3) is 0.300. The van der Waals surface area contributed by atoms with E-state index in [0.717, 1.165) is 16.7 Å². The van der Waals surface area contributed by atoms with E-state index in [1.807, 2.05) is 44.2 Å². The number of rotatable bonds is 8. The van der Waals surface area contributed by atoms with Crippen LogP contribution < -0.4 is 10.1 Å². The minimum Gasteiger partial charge on any atom is -0.482 e. The van der Waals surface area contributed by atoms with Crippen molar-refractivity contribution in [1.82, 2.24) is 5.32 Å². The summed E-state index contributed by atoms with van der Waals surface area (Å²) in [6.07, 6.45) is 0.673. The molecule has 0 spiro atoms. The van der Waals surface area contributed by atoms with Crippen molar-refractivity contribution >= 4 is 23.5 Å². The predicted molar refractivity (Wildman–Crippen MR) is 101 cm³/mol. The van der Waals surface area contributed by atoms with Crippen molar-refractivity contribution in [2.24, 2.45) is 0 Å². The highest BCUT2D eigenvalue weighted by atomic mass is 35.5.